The molecule has 0 radical (unpaired) electrons. The normalized spacial score (nSPS) is 15.6. The molecule has 7 heteroatoms. The number of nitrogens with zero attached hydrogens (tertiary/aromatic N) is 2. The zero-order valence-electron chi connectivity index (χ0n) is 18.5. The van der Waals surface area contributed by atoms with Crippen molar-refractivity contribution >= 4 is 0 Å². The molecular formula is C24H34N2O5. The molecule has 1 aliphatic rings. The lowest BCUT2D eigenvalue weighted by Crippen LogP contribution is -2.43. The van der Waals surface area contributed by atoms with Crippen molar-refractivity contribution in [3.05, 3.63) is 54.1 Å². The van der Waals surface area contributed by atoms with Gasteiger partial charge in [0, 0.05) is 39.3 Å². The molecule has 31 heavy (non-hydrogen) atoms. The van der Waals surface area contributed by atoms with Crippen LogP contribution in [0.5, 0.6) is 17.2 Å². The summed E-state index contributed by atoms with van der Waals surface area (Å²) in [6, 6.07) is 15.5. The molecule has 0 saturated carbocycles. The summed E-state index contributed by atoms with van der Waals surface area (Å²) in [5.74, 6) is 2.19. The van der Waals surface area contributed by atoms with Gasteiger partial charge < -0.3 is 24.1 Å². The molecule has 3 rings (SSSR count). The van der Waals surface area contributed by atoms with Crippen molar-refractivity contribution in [3.63, 3.8) is 0 Å². The van der Waals surface area contributed by atoms with Gasteiger partial charge in [0.2, 0.25) is 0 Å². The van der Waals surface area contributed by atoms with Gasteiger partial charge in [-0.25, -0.2) is 0 Å². The molecule has 1 atom stereocenters. The number of aliphatic hydroxyl groups excluding tert-OH is 1. The van der Waals surface area contributed by atoms with Gasteiger partial charge in [0.1, 0.15) is 18.5 Å². The lowest BCUT2D eigenvalue weighted by atomic mass is 10.1. The molecule has 0 unspecified atom stereocenters. The maximum absolute atomic E-state index is 10.6. The minimum absolute atomic E-state index is 0.254. The number of methoxy groups -OCH3 is 2. The predicted octanol–water partition coefficient (Wildman–Crippen LogP) is 2.28. The van der Waals surface area contributed by atoms with E-state index in [1.54, 1.807) is 14.2 Å². The van der Waals surface area contributed by atoms with Crippen LogP contribution in [-0.4, -0.2) is 87.8 Å². The molecule has 1 heterocycles. The van der Waals surface area contributed by atoms with E-state index in [-0.39, 0.29) is 6.61 Å². The standard InChI is InChI=1S/C24H34N2O5/c1-28-23-9-8-20(16-24(23)29-2)17-26(11-10-25-12-14-30-15-13-25)18-21(27)19-31-22-6-4-3-5-7-22/h3-9,16,21,27H,10-15,17-19H2,1-2H3/t21-/m0/s1. The molecule has 1 N–H and O–H groups in total. The van der Waals surface area contributed by atoms with Gasteiger partial charge in [-0.1, -0.05) is 24.3 Å². The average Bonchev–Trinajstić information content (AvgIpc) is 2.82. The highest BCUT2D eigenvalue weighted by Gasteiger charge is 2.17. The summed E-state index contributed by atoms with van der Waals surface area (Å²) in [7, 11) is 3.28. The molecule has 7 nitrogen and oxygen atoms in total. The van der Waals surface area contributed by atoms with Crippen molar-refractivity contribution in [1.82, 2.24) is 9.80 Å². The van der Waals surface area contributed by atoms with Gasteiger partial charge in [0.25, 0.3) is 0 Å². The van der Waals surface area contributed by atoms with E-state index in [4.69, 9.17) is 18.9 Å². The summed E-state index contributed by atoms with van der Waals surface area (Å²) in [5, 5.41) is 10.6. The van der Waals surface area contributed by atoms with E-state index >= 15 is 0 Å². The zero-order chi connectivity index (χ0) is 21.9. The topological polar surface area (TPSA) is 63.6 Å². The van der Waals surface area contributed by atoms with Gasteiger partial charge in [-0.3, -0.25) is 9.80 Å². The monoisotopic (exact) mass is 430 g/mol. The summed E-state index contributed by atoms with van der Waals surface area (Å²) in [6.07, 6.45) is -0.593. The maximum Gasteiger partial charge on any atom is 0.161 e. The first-order chi connectivity index (χ1) is 15.2. The Morgan fingerprint density at radius 1 is 1.03 bits per heavy atom. The zero-order valence-corrected chi connectivity index (χ0v) is 18.5. The van der Waals surface area contributed by atoms with Gasteiger partial charge in [-0.2, -0.15) is 0 Å². The van der Waals surface area contributed by atoms with Gasteiger partial charge in [-0.05, 0) is 29.8 Å². The van der Waals surface area contributed by atoms with E-state index in [1.807, 2.05) is 48.5 Å². The number of hydrogen-bond donors (Lipinski definition) is 1. The number of morpholine rings is 1. The highest BCUT2D eigenvalue weighted by atomic mass is 16.5. The molecule has 0 spiro atoms. The number of hydrogen-bond acceptors (Lipinski definition) is 7. The Hall–Kier alpha value is -2.32. The van der Waals surface area contributed by atoms with Crippen LogP contribution in [0.15, 0.2) is 48.5 Å². The average molecular weight is 431 g/mol. The van der Waals surface area contributed by atoms with E-state index < -0.39 is 6.10 Å². The van der Waals surface area contributed by atoms with E-state index in [1.165, 1.54) is 0 Å². The number of benzene rings is 2. The molecule has 1 aliphatic heterocycles. The van der Waals surface area contributed by atoms with E-state index in [0.29, 0.717) is 24.6 Å². The Morgan fingerprint density at radius 3 is 2.48 bits per heavy atom. The quantitative estimate of drug-likeness (QED) is 0.554. The van der Waals surface area contributed by atoms with Crippen molar-refractivity contribution in [3.8, 4) is 17.2 Å². The van der Waals surface area contributed by atoms with Crippen molar-refractivity contribution in [1.29, 1.82) is 0 Å². The Kier molecular flexibility index (Phi) is 9.42. The van der Waals surface area contributed by atoms with Crippen LogP contribution in [0.25, 0.3) is 0 Å². The Balaban J connectivity index is 1.60. The van der Waals surface area contributed by atoms with Crippen LogP contribution in [0.1, 0.15) is 5.56 Å². The molecular weight excluding hydrogens is 396 g/mol. The van der Waals surface area contributed by atoms with Crippen molar-refractivity contribution in [2.75, 3.05) is 66.8 Å². The third-order valence-corrected chi connectivity index (χ3v) is 5.34. The smallest absolute Gasteiger partial charge is 0.161 e. The molecule has 2 aromatic rings. The maximum atomic E-state index is 10.6. The second kappa shape index (κ2) is 12.5. The molecule has 1 fully saturated rings. The third-order valence-electron chi connectivity index (χ3n) is 5.34. The predicted molar refractivity (Wildman–Crippen MR) is 120 cm³/mol. The Bertz CT molecular complexity index is 768. The molecule has 1 saturated heterocycles. The summed E-state index contributed by atoms with van der Waals surface area (Å²) >= 11 is 0. The fraction of sp³-hybridized carbons (Fsp3) is 0.500. The first kappa shape index (κ1) is 23.3. The highest BCUT2D eigenvalue weighted by molar-refractivity contribution is 5.42. The Morgan fingerprint density at radius 2 is 1.77 bits per heavy atom. The molecule has 0 amide bonds. The van der Waals surface area contributed by atoms with Crippen LogP contribution < -0.4 is 14.2 Å². The van der Waals surface area contributed by atoms with Crippen LogP contribution in [0, 0.1) is 0 Å². The van der Waals surface area contributed by atoms with Gasteiger partial charge in [0.05, 0.1) is 27.4 Å². The van der Waals surface area contributed by atoms with Crippen LogP contribution in [0.4, 0.5) is 0 Å². The fourth-order valence-electron chi connectivity index (χ4n) is 3.64. The third kappa shape index (κ3) is 7.70. The number of rotatable bonds is 12. The summed E-state index contributed by atoms with van der Waals surface area (Å²) in [5.41, 5.74) is 1.11. The lowest BCUT2D eigenvalue weighted by Gasteiger charge is -2.31. The van der Waals surface area contributed by atoms with Crippen molar-refractivity contribution in [2.24, 2.45) is 0 Å². The van der Waals surface area contributed by atoms with E-state index in [0.717, 1.165) is 50.7 Å². The van der Waals surface area contributed by atoms with Crippen LogP contribution in [0.3, 0.4) is 0 Å². The summed E-state index contributed by atoms with van der Waals surface area (Å²) in [6.45, 7) is 6.71. The van der Waals surface area contributed by atoms with Crippen molar-refractivity contribution in [2.45, 2.75) is 12.6 Å². The lowest BCUT2D eigenvalue weighted by molar-refractivity contribution is 0.0256. The van der Waals surface area contributed by atoms with Gasteiger partial charge in [0.15, 0.2) is 11.5 Å². The number of para-hydroxylation sites is 1. The largest absolute Gasteiger partial charge is 0.493 e. The minimum Gasteiger partial charge on any atom is -0.493 e. The molecule has 2 aromatic carbocycles. The first-order valence-corrected chi connectivity index (χ1v) is 10.8. The van der Waals surface area contributed by atoms with Gasteiger partial charge in [-0.15, -0.1) is 0 Å². The molecule has 170 valence electrons. The number of ether oxygens (including phenoxy) is 4. The van der Waals surface area contributed by atoms with Crippen molar-refractivity contribution < 1.29 is 24.1 Å². The van der Waals surface area contributed by atoms with Crippen LogP contribution in [-0.2, 0) is 11.3 Å². The second-order valence-corrected chi connectivity index (χ2v) is 7.66. The summed E-state index contributed by atoms with van der Waals surface area (Å²) < 4.78 is 22.0. The molecule has 0 bridgehead atoms. The fourth-order valence-corrected chi connectivity index (χ4v) is 3.64. The molecule has 0 aromatic heterocycles. The van der Waals surface area contributed by atoms with Gasteiger partial charge >= 0.3 is 0 Å². The van der Waals surface area contributed by atoms with Crippen LogP contribution in [0.2, 0.25) is 0 Å². The first-order valence-electron chi connectivity index (χ1n) is 10.8. The highest BCUT2D eigenvalue weighted by Crippen LogP contribution is 2.28. The number of aliphatic hydroxyl groups is 1. The van der Waals surface area contributed by atoms with Crippen LogP contribution >= 0.6 is 0 Å². The molecule has 0 aliphatic carbocycles. The van der Waals surface area contributed by atoms with E-state index in [9.17, 15) is 5.11 Å². The van der Waals surface area contributed by atoms with E-state index in [2.05, 4.69) is 9.80 Å². The second-order valence-electron chi connectivity index (χ2n) is 7.66. The minimum atomic E-state index is -0.593. The Labute approximate surface area is 185 Å². The summed E-state index contributed by atoms with van der Waals surface area (Å²) in [4.78, 5) is 4.66. The SMILES string of the molecule is COc1ccc(CN(CCN2CCOCC2)C[C@H](O)COc2ccccc2)cc1OC.